The molecule has 3 amide bonds. The van der Waals surface area contributed by atoms with Crippen molar-refractivity contribution >= 4 is 40.0 Å². The molecule has 7 heteroatoms. The zero-order valence-electron chi connectivity index (χ0n) is 13.2. The number of nitrogens with one attached hydrogen (secondary N) is 2. The smallest absolute Gasteiger partial charge is 0.325 e. The Hall–Kier alpha value is -2.93. The van der Waals surface area contributed by atoms with Gasteiger partial charge in [-0.2, -0.15) is 0 Å². The van der Waals surface area contributed by atoms with E-state index < -0.39 is 12.1 Å². The molecule has 4 rings (SSSR count). The molecular formula is C18H15N3O3S. The predicted molar refractivity (Wildman–Crippen MR) is 94.7 cm³/mol. The van der Waals surface area contributed by atoms with Crippen molar-refractivity contribution in [1.29, 1.82) is 0 Å². The van der Waals surface area contributed by atoms with Gasteiger partial charge >= 0.3 is 6.03 Å². The maximum atomic E-state index is 12.6. The zero-order valence-corrected chi connectivity index (χ0v) is 14.0. The Labute approximate surface area is 147 Å². The van der Waals surface area contributed by atoms with Crippen molar-refractivity contribution in [3.8, 4) is 0 Å². The molecule has 0 aliphatic carbocycles. The van der Waals surface area contributed by atoms with Gasteiger partial charge in [0.15, 0.2) is 5.78 Å². The highest BCUT2D eigenvalue weighted by Gasteiger charge is 2.39. The van der Waals surface area contributed by atoms with Gasteiger partial charge in [0, 0.05) is 23.5 Å². The minimum absolute atomic E-state index is 0.227. The number of para-hydroxylation sites is 1. The summed E-state index contributed by atoms with van der Waals surface area (Å²) in [6.07, 6.45) is 2.24. The highest BCUT2D eigenvalue weighted by molar-refractivity contribution is 7.12. The Balaban J connectivity index is 1.50. The maximum Gasteiger partial charge on any atom is 0.325 e. The molecule has 0 saturated carbocycles. The van der Waals surface area contributed by atoms with Crippen LogP contribution in [0.4, 0.5) is 4.79 Å². The van der Waals surface area contributed by atoms with Crippen LogP contribution in [0.3, 0.4) is 0 Å². The normalized spacial score (nSPS) is 17.3. The third kappa shape index (κ3) is 2.83. The summed E-state index contributed by atoms with van der Waals surface area (Å²) in [4.78, 5) is 41.6. The summed E-state index contributed by atoms with van der Waals surface area (Å²) in [6, 6.07) is 10.1. The fourth-order valence-corrected chi connectivity index (χ4v) is 3.70. The van der Waals surface area contributed by atoms with Gasteiger partial charge in [-0.15, -0.1) is 11.3 Å². The SMILES string of the molecule is O=C(CN1C(=O)N[C@H](Cc2c[nH]c3ccccc23)C1=O)c1cccs1. The van der Waals surface area contributed by atoms with Crippen LogP contribution in [0.1, 0.15) is 15.2 Å². The number of hydrogen-bond acceptors (Lipinski definition) is 4. The molecule has 2 N–H and O–H groups in total. The summed E-state index contributed by atoms with van der Waals surface area (Å²) in [6.45, 7) is -0.227. The summed E-state index contributed by atoms with van der Waals surface area (Å²) >= 11 is 1.30. The Morgan fingerprint density at radius 1 is 1.16 bits per heavy atom. The monoisotopic (exact) mass is 353 g/mol. The van der Waals surface area contributed by atoms with Gasteiger partial charge in [0.05, 0.1) is 11.4 Å². The Morgan fingerprint density at radius 2 is 2.00 bits per heavy atom. The molecule has 0 unspecified atom stereocenters. The van der Waals surface area contributed by atoms with Gasteiger partial charge in [-0.05, 0) is 23.1 Å². The number of hydrogen-bond donors (Lipinski definition) is 2. The van der Waals surface area contributed by atoms with E-state index in [4.69, 9.17) is 0 Å². The Morgan fingerprint density at radius 3 is 2.80 bits per heavy atom. The van der Waals surface area contributed by atoms with Crippen LogP contribution >= 0.6 is 11.3 Å². The summed E-state index contributed by atoms with van der Waals surface area (Å²) in [5.41, 5.74) is 1.94. The number of ketones is 1. The molecule has 126 valence electrons. The minimum atomic E-state index is -0.650. The molecule has 3 aromatic rings. The molecule has 25 heavy (non-hydrogen) atoms. The van der Waals surface area contributed by atoms with Crippen molar-refractivity contribution in [2.75, 3.05) is 6.54 Å². The van der Waals surface area contributed by atoms with Crippen LogP contribution in [0.5, 0.6) is 0 Å². The van der Waals surface area contributed by atoms with Crippen LogP contribution in [-0.4, -0.2) is 40.2 Å². The first-order valence-electron chi connectivity index (χ1n) is 7.87. The van der Waals surface area contributed by atoms with Gasteiger partial charge in [0.25, 0.3) is 5.91 Å². The first-order chi connectivity index (χ1) is 12.1. The predicted octanol–water partition coefficient (Wildman–Crippen LogP) is 2.58. The van der Waals surface area contributed by atoms with E-state index in [-0.39, 0.29) is 18.2 Å². The number of fused-ring (bicyclic) bond motifs is 1. The van der Waals surface area contributed by atoms with Crippen molar-refractivity contribution in [3.05, 3.63) is 58.4 Å². The number of aromatic nitrogens is 1. The van der Waals surface area contributed by atoms with Crippen molar-refractivity contribution in [2.24, 2.45) is 0 Å². The van der Waals surface area contributed by atoms with E-state index in [2.05, 4.69) is 10.3 Å². The standard InChI is InChI=1S/C18H15N3O3S/c22-15(16-6-3-7-25-16)10-21-17(23)14(20-18(21)24)8-11-9-19-13-5-2-1-4-12(11)13/h1-7,9,14,19H,8,10H2,(H,20,24)/t14-/m1/s1. The number of carbonyl (C=O) groups is 3. The van der Waals surface area contributed by atoms with Gasteiger partial charge in [-0.25, -0.2) is 4.79 Å². The summed E-state index contributed by atoms with van der Waals surface area (Å²) in [5.74, 6) is -0.591. The van der Waals surface area contributed by atoms with Crippen molar-refractivity contribution < 1.29 is 14.4 Å². The third-order valence-corrected chi connectivity index (χ3v) is 5.21. The molecule has 1 aromatic carbocycles. The van der Waals surface area contributed by atoms with Crippen LogP contribution in [-0.2, 0) is 11.2 Å². The van der Waals surface area contributed by atoms with Gasteiger partial charge in [-0.3, -0.25) is 14.5 Å². The number of carbonyl (C=O) groups excluding carboxylic acids is 3. The average molecular weight is 353 g/mol. The number of nitrogens with zero attached hydrogens (tertiary/aromatic N) is 1. The number of amides is 3. The van der Waals surface area contributed by atoms with Gasteiger partial charge in [-0.1, -0.05) is 24.3 Å². The van der Waals surface area contributed by atoms with Crippen LogP contribution in [0.15, 0.2) is 48.0 Å². The summed E-state index contributed by atoms with van der Waals surface area (Å²) in [7, 11) is 0. The Bertz CT molecular complexity index is 961. The zero-order chi connectivity index (χ0) is 17.4. The van der Waals surface area contributed by atoms with Crippen molar-refractivity contribution in [3.63, 3.8) is 0 Å². The molecule has 0 spiro atoms. The van der Waals surface area contributed by atoms with Crippen molar-refractivity contribution in [2.45, 2.75) is 12.5 Å². The number of benzene rings is 1. The molecule has 0 radical (unpaired) electrons. The molecule has 1 aliphatic rings. The van der Waals surface area contributed by atoms with E-state index in [9.17, 15) is 14.4 Å². The second kappa shape index (κ2) is 6.18. The highest BCUT2D eigenvalue weighted by Crippen LogP contribution is 2.21. The number of imide groups is 1. The lowest BCUT2D eigenvalue weighted by molar-refractivity contribution is -0.127. The van der Waals surface area contributed by atoms with E-state index in [0.717, 1.165) is 21.4 Å². The van der Waals surface area contributed by atoms with Gasteiger partial charge in [0.1, 0.15) is 6.04 Å². The second-order valence-electron chi connectivity index (χ2n) is 5.89. The first kappa shape index (κ1) is 15.6. The van der Waals surface area contributed by atoms with E-state index in [1.54, 1.807) is 17.5 Å². The number of thiophene rings is 1. The molecule has 2 aromatic heterocycles. The van der Waals surface area contributed by atoms with E-state index in [1.807, 2.05) is 30.5 Å². The van der Waals surface area contributed by atoms with Crippen LogP contribution < -0.4 is 5.32 Å². The van der Waals surface area contributed by atoms with Gasteiger partial charge in [0.2, 0.25) is 0 Å². The van der Waals surface area contributed by atoms with E-state index >= 15 is 0 Å². The van der Waals surface area contributed by atoms with Crippen LogP contribution in [0, 0.1) is 0 Å². The van der Waals surface area contributed by atoms with E-state index in [0.29, 0.717) is 11.3 Å². The minimum Gasteiger partial charge on any atom is -0.361 e. The number of urea groups is 1. The molecule has 0 bridgehead atoms. The summed E-state index contributed by atoms with van der Waals surface area (Å²) in [5, 5.41) is 5.50. The quantitative estimate of drug-likeness (QED) is 0.546. The number of rotatable bonds is 5. The first-order valence-corrected chi connectivity index (χ1v) is 8.75. The fourth-order valence-electron chi connectivity index (χ4n) is 3.04. The average Bonchev–Trinajstić information content (AvgIpc) is 3.33. The van der Waals surface area contributed by atoms with Crippen LogP contribution in [0.25, 0.3) is 10.9 Å². The summed E-state index contributed by atoms with van der Waals surface area (Å²) < 4.78 is 0. The van der Waals surface area contributed by atoms with Gasteiger partial charge < -0.3 is 10.3 Å². The Kier molecular flexibility index (Phi) is 3.85. The van der Waals surface area contributed by atoms with E-state index in [1.165, 1.54) is 11.3 Å². The number of aromatic amines is 1. The largest absolute Gasteiger partial charge is 0.361 e. The molecule has 1 fully saturated rings. The highest BCUT2D eigenvalue weighted by atomic mass is 32.1. The topological polar surface area (TPSA) is 82.3 Å². The lowest BCUT2D eigenvalue weighted by atomic mass is 10.1. The molecular weight excluding hydrogens is 338 g/mol. The number of Topliss-reactive ketones (excluding diaryl/α,β-unsaturated/α-hetero) is 1. The second-order valence-corrected chi connectivity index (χ2v) is 6.84. The number of H-pyrrole nitrogens is 1. The maximum absolute atomic E-state index is 12.6. The molecule has 1 atom stereocenters. The molecule has 1 aliphatic heterocycles. The third-order valence-electron chi connectivity index (χ3n) is 4.30. The molecule has 1 saturated heterocycles. The lowest BCUT2D eigenvalue weighted by Gasteiger charge is -2.11. The lowest BCUT2D eigenvalue weighted by Crippen LogP contribution is -2.36. The molecule has 3 heterocycles. The van der Waals surface area contributed by atoms with Crippen LogP contribution in [0.2, 0.25) is 0 Å². The fraction of sp³-hybridized carbons (Fsp3) is 0.167. The van der Waals surface area contributed by atoms with Crippen molar-refractivity contribution in [1.82, 2.24) is 15.2 Å². The molecule has 6 nitrogen and oxygen atoms in total.